The first-order chi connectivity index (χ1) is 7.45. The molecule has 1 rings (SSSR count). The fourth-order valence-corrected chi connectivity index (χ4v) is 1.02. The lowest BCUT2D eigenvalue weighted by Gasteiger charge is -2.06. The van der Waals surface area contributed by atoms with Crippen molar-refractivity contribution >= 4 is 12.0 Å². The first-order valence-electron chi connectivity index (χ1n) is 3.83. The van der Waals surface area contributed by atoms with Crippen LogP contribution in [0, 0.1) is 15.9 Å². The van der Waals surface area contributed by atoms with Gasteiger partial charge in [0.2, 0.25) is 11.6 Å². The third-order valence-electron chi connectivity index (χ3n) is 1.59. The molecule has 0 heterocycles. The highest BCUT2D eigenvalue weighted by Gasteiger charge is 2.25. The molecule has 1 aromatic rings. The van der Waals surface area contributed by atoms with Gasteiger partial charge in [0.25, 0.3) is 0 Å². The van der Waals surface area contributed by atoms with Gasteiger partial charge in [-0.2, -0.15) is 13.2 Å². The van der Waals surface area contributed by atoms with E-state index < -0.39 is 28.8 Å². The predicted octanol–water partition coefficient (Wildman–Crippen LogP) is 2.15. The minimum Gasteiger partial charge on any atom is -0.427 e. The maximum Gasteiger partial charge on any atom is 0.387 e. The Hall–Kier alpha value is -2.12. The molecule has 0 N–H and O–H groups in total. The largest absolute Gasteiger partial charge is 0.427 e. The van der Waals surface area contributed by atoms with E-state index in [2.05, 4.69) is 4.74 Å². The fraction of sp³-hybridized carbons (Fsp3) is 0.125. The zero-order valence-corrected chi connectivity index (χ0v) is 7.52. The predicted molar refractivity (Wildman–Crippen MR) is 45.1 cm³/mol. The van der Waals surface area contributed by atoms with Gasteiger partial charge in [-0.3, -0.25) is 14.9 Å². The Bertz CT molecular complexity index is 436. The van der Waals surface area contributed by atoms with Crippen molar-refractivity contribution in [1.29, 1.82) is 0 Å². The Morgan fingerprint density at radius 1 is 1.44 bits per heavy atom. The second-order valence-corrected chi connectivity index (χ2v) is 2.60. The van der Waals surface area contributed by atoms with E-state index in [-0.39, 0.29) is 11.8 Å². The third kappa shape index (κ3) is 2.47. The number of halogens is 3. The van der Waals surface area contributed by atoms with Gasteiger partial charge in [0.05, 0.1) is 4.92 Å². The molecule has 8 heteroatoms. The number of carbonyl (C=O) groups excluding carboxylic acids is 1. The molecule has 0 saturated heterocycles. The van der Waals surface area contributed by atoms with Crippen LogP contribution < -0.4 is 4.74 Å². The first kappa shape index (κ1) is 12.0. The molecule has 5 nitrogen and oxygen atoms in total. The molecule has 0 saturated carbocycles. The number of hydrogen-bond donors (Lipinski definition) is 0. The first-order valence-corrected chi connectivity index (χ1v) is 3.83. The van der Waals surface area contributed by atoms with Crippen LogP contribution in [0.1, 0.15) is 10.4 Å². The Morgan fingerprint density at radius 2 is 2.06 bits per heavy atom. The van der Waals surface area contributed by atoms with Gasteiger partial charge >= 0.3 is 12.3 Å². The van der Waals surface area contributed by atoms with Gasteiger partial charge in [-0.15, -0.1) is 0 Å². The Morgan fingerprint density at radius 3 is 2.50 bits per heavy atom. The van der Waals surface area contributed by atoms with Crippen LogP contribution in [-0.2, 0) is 0 Å². The number of rotatable bonds is 4. The van der Waals surface area contributed by atoms with E-state index in [1.54, 1.807) is 0 Å². The van der Waals surface area contributed by atoms with E-state index in [4.69, 9.17) is 0 Å². The van der Waals surface area contributed by atoms with E-state index in [1.165, 1.54) is 0 Å². The number of nitro groups is 1. The molecular weight excluding hydrogens is 231 g/mol. The van der Waals surface area contributed by atoms with Crippen molar-refractivity contribution < 1.29 is 27.6 Å². The summed E-state index contributed by atoms with van der Waals surface area (Å²) in [4.78, 5) is 19.5. The van der Waals surface area contributed by atoms with Crippen molar-refractivity contribution in [2.45, 2.75) is 6.61 Å². The van der Waals surface area contributed by atoms with Gasteiger partial charge in [0.1, 0.15) is 6.29 Å². The normalized spacial score (nSPS) is 10.2. The van der Waals surface area contributed by atoms with Gasteiger partial charge < -0.3 is 4.74 Å². The molecule has 0 aliphatic rings. The molecule has 0 atom stereocenters. The lowest BCUT2D eigenvalue weighted by Crippen LogP contribution is -2.06. The SMILES string of the molecule is O=Cc1cc(F)c([N+](=O)[O-])c(OC(F)F)c1. The molecule has 0 fully saturated rings. The Kier molecular flexibility index (Phi) is 3.44. The summed E-state index contributed by atoms with van der Waals surface area (Å²) in [6.07, 6.45) is 0.158. The van der Waals surface area contributed by atoms with Gasteiger partial charge in [-0.25, -0.2) is 0 Å². The Labute approximate surface area is 86.6 Å². The standard InChI is InChI=1S/C8H4F3NO4/c9-5-1-4(3-13)2-6(16-8(10)11)7(5)12(14)15/h1-3,8H. The van der Waals surface area contributed by atoms with Crippen molar-refractivity contribution in [1.82, 2.24) is 0 Å². The summed E-state index contributed by atoms with van der Waals surface area (Å²) in [6, 6.07) is 1.23. The van der Waals surface area contributed by atoms with E-state index in [0.29, 0.717) is 12.1 Å². The van der Waals surface area contributed by atoms with E-state index >= 15 is 0 Å². The molecule has 0 aliphatic heterocycles. The van der Waals surface area contributed by atoms with Crippen LogP contribution in [0.5, 0.6) is 5.75 Å². The molecule has 16 heavy (non-hydrogen) atoms. The van der Waals surface area contributed by atoms with Crippen LogP contribution >= 0.6 is 0 Å². The maximum atomic E-state index is 13.1. The van der Waals surface area contributed by atoms with Crippen molar-refractivity contribution in [3.05, 3.63) is 33.6 Å². The summed E-state index contributed by atoms with van der Waals surface area (Å²) >= 11 is 0. The summed E-state index contributed by atoms with van der Waals surface area (Å²) in [6.45, 7) is -3.35. The number of nitro benzene ring substituents is 1. The highest BCUT2D eigenvalue weighted by Crippen LogP contribution is 2.32. The molecule has 0 radical (unpaired) electrons. The number of hydrogen-bond acceptors (Lipinski definition) is 4. The van der Waals surface area contributed by atoms with Crippen molar-refractivity contribution in [2.24, 2.45) is 0 Å². The summed E-state index contributed by atoms with van der Waals surface area (Å²) in [5.74, 6) is -2.40. The van der Waals surface area contributed by atoms with Crippen molar-refractivity contribution in [3.63, 3.8) is 0 Å². The highest BCUT2D eigenvalue weighted by atomic mass is 19.3. The molecule has 0 aliphatic carbocycles. The van der Waals surface area contributed by atoms with Crippen molar-refractivity contribution in [3.8, 4) is 5.75 Å². The van der Waals surface area contributed by atoms with Crippen molar-refractivity contribution in [2.75, 3.05) is 0 Å². The monoisotopic (exact) mass is 235 g/mol. The second kappa shape index (κ2) is 4.60. The van der Waals surface area contributed by atoms with E-state index in [9.17, 15) is 28.1 Å². The van der Waals surface area contributed by atoms with Crippen LogP contribution in [0.15, 0.2) is 12.1 Å². The number of carbonyl (C=O) groups is 1. The average molecular weight is 235 g/mol. The van der Waals surface area contributed by atoms with E-state index in [0.717, 1.165) is 0 Å². The number of aldehydes is 1. The molecule has 0 aromatic heterocycles. The summed E-state index contributed by atoms with van der Waals surface area (Å²) in [5.41, 5.74) is -1.57. The topological polar surface area (TPSA) is 69.4 Å². The zero-order valence-electron chi connectivity index (χ0n) is 7.52. The van der Waals surface area contributed by atoms with Crippen LogP contribution in [-0.4, -0.2) is 17.8 Å². The highest BCUT2D eigenvalue weighted by molar-refractivity contribution is 5.77. The molecular formula is C8H4F3NO4. The summed E-state index contributed by atoms with van der Waals surface area (Å²) in [7, 11) is 0. The lowest BCUT2D eigenvalue weighted by atomic mass is 10.2. The lowest BCUT2D eigenvalue weighted by molar-refractivity contribution is -0.389. The average Bonchev–Trinajstić information content (AvgIpc) is 2.14. The fourth-order valence-electron chi connectivity index (χ4n) is 1.02. The van der Waals surface area contributed by atoms with Crippen LogP contribution in [0.4, 0.5) is 18.9 Å². The zero-order chi connectivity index (χ0) is 12.3. The summed E-state index contributed by atoms with van der Waals surface area (Å²) in [5, 5.41) is 10.4. The number of ether oxygens (including phenoxy) is 1. The van der Waals surface area contributed by atoms with Gasteiger partial charge in [-0.05, 0) is 12.1 Å². The molecule has 0 spiro atoms. The maximum absolute atomic E-state index is 13.1. The minimum atomic E-state index is -3.35. The quantitative estimate of drug-likeness (QED) is 0.455. The van der Waals surface area contributed by atoms with Crippen LogP contribution in [0.25, 0.3) is 0 Å². The molecule has 86 valence electrons. The molecule has 0 amide bonds. The van der Waals surface area contributed by atoms with Crippen LogP contribution in [0.2, 0.25) is 0 Å². The van der Waals surface area contributed by atoms with Gasteiger partial charge in [0.15, 0.2) is 0 Å². The smallest absolute Gasteiger partial charge is 0.387 e. The second-order valence-electron chi connectivity index (χ2n) is 2.60. The summed E-state index contributed by atoms with van der Waals surface area (Å²) < 4.78 is 40.6. The minimum absolute atomic E-state index is 0.158. The number of benzene rings is 1. The van der Waals surface area contributed by atoms with Crippen LogP contribution in [0.3, 0.4) is 0 Å². The Balaban J connectivity index is 3.34. The molecule has 0 unspecified atom stereocenters. The molecule has 1 aromatic carbocycles. The number of nitrogens with zero attached hydrogens (tertiary/aromatic N) is 1. The van der Waals surface area contributed by atoms with Gasteiger partial charge in [-0.1, -0.05) is 0 Å². The number of alkyl halides is 2. The molecule has 0 bridgehead atoms. The van der Waals surface area contributed by atoms with Gasteiger partial charge in [0, 0.05) is 5.56 Å². The van der Waals surface area contributed by atoms with E-state index in [1.807, 2.05) is 0 Å². The third-order valence-corrected chi connectivity index (χ3v) is 1.59.